The van der Waals surface area contributed by atoms with Gasteiger partial charge in [0, 0.05) is 23.2 Å². The standard InChI is InChI=1S/C21H15N5O2/c27-19-12-15(13-28-18-10-4-9-17-16(18)8-5-11-22-17)23-21-24-20(25-26(19)21)14-6-2-1-3-7-14/h1-12H,13H2,(H,23,24,25). The van der Waals surface area contributed by atoms with E-state index in [4.69, 9.17) is 4.74 Å². The lowest BCUT2D eigenvalue weighted by Crippen LogP contribution is -2.16. The summed E-state index contributed by atoms with van der Waals surface area (Å²) in [6.07, 6.45) is 1.74. The van der Waals surface area contributed by atoms with Crippen LogP contribution in [-0.2, 0) is 6.61 Å². The summed E-state index contributed by atoms with van der Waals surface area (Å²) in [5.74, 6) is 1.59. The molecule has 0 amide bonds. The molecule has 5 rings (SSSR count). The number of H-pyrrole nitrogens is 1. The topological polar surface area (TPSA) is 85.2 Å². The van der Waals surface area contributed by atoms with Gasteiger partial charge in [0.15, 0.2) is 5.82 Å². The van der Waals surface area contributed by atoms with Gasteiger partial charge < -0.3 is 4.74 Å². The molecule has 0 aliphatic heterocycles. The number of hydrogen-bond donors (Lipinski definition) is 1. The predicted molar refractivity (Wildman–Crippen MR) is 105 cm³/mol. The van der Waals surface area contributed by atoms with Crippen LogP contribution in [0.2, 0.25) is 0 Å². The van der Waals surface area contributed by atoms with E-state index in [0.29, 0.717) is 23.0 Å². The third kappa shape index (κ3) is 2.88. The smallest absolute Gasteiger partial charge is 0.274 e. The fourth-order valence-electron chi connectivity index (χ4n) is 3.08. The maximum atomic E-state index is 12.5. The zero-order valence-electron chi connectivity index (χ0n) is 14.7. The van der Waals surface area contributed by atoms with E-state index in [0.717, 1.165) is 16.5 Å². The molecule has 1 N–H and O–H groups in total. The van der Waals surface area contributed by atoms with Crippen LogP contribution in [0.1, 0.15) is 5.69 Å². The molecule has 0 fully saturated rings. The van der Waals surface area contributed by atoms with Gasteiger partial charge in [0.2, 0.25) is 0 Å². The molecule has 136 valence electrons. The van der Waals surface area contributed by atoms with Crippen LogP contribution in [0.3, 0.4) is 0 Å². The van der Waals surface area contributed by atoms with Crippen molar-refractivity contribution < 1.29 is 4.74 Å². The number of fused-ring (bicyclic) bond motifs is 2. The van der Waals surface area contributed by atoms with Gasteiger partial charge in [-0.1, -0.05) is 36.4 Å². The molecule has 0 unspecified atom stereocenters. The number of ether oxygens (including phenoxy) is 1. The highest BCUT2D eigenvalue weighted by Crippen LogP contribution is 2.24. The Kier molecular flexibility index (Phi) is 3.83. The second-order valence-electron chi connectivity index (χ2n) is 6.27. The van der Waals surface area contributed by atoms with Gasteiger partial charge in [-0.25, -0.2) is 4.98 Å². The average molecular weight is 369 g/mol. The van der Waals surface area contributed by atoms with Gasteiger partial charge in [0.25, 0.3) is 11.3 Å². The van der Waals surface area contributed by atoms with Gasteiger partial charge in [0.05, 0.1) is 11.2 Å². The Morgan fingerprint density at radius 3 is 2.75 bits per heavy atom. The molecule has 7 heteroatoms. The molecule has 0 radical (unpaired) electrons. The van der Waals surface area contributed by atoms with Gasteiger partial charge in [0.1, 0.15) is 12.4 Å². The van der Waals surface area contributed by atoms with Gasteiger partial charge in [-0.05, 0) is 24.3 Å². The third-order valence-electron chi connectivity index (χ3n) is 4.41. The summed E-state index contributed by atoms with van der Waals surface area (Å²) in [6, 6.07) is 20.5. The maximum absolute atomic E-state index is 12.5. The first kappa shape index (κ1) is 16.2. The van der Waals surface area contributed by atoms with Crippen molar-refractivity contribution in [1.29, 1.82) is 0 Å². The highest BCUT2D eigenvalue weighted by Gasteiger charge is 2.10. The van der Waals surface area contributed by atoms with Gasteiger partial charge in [-0.15, -0.1) is 0 Å². The van der Waals surface area contributed by atoms with Crippen molar-refractivity contribution in [3.05, 3.63) is 89.0 Å². The molecule has 3 aromatic heterocycles. The lowest BCUT2D eigenvalue weighted by atomic mass is 10.2. The second kappa shape index (κ2) is 6.62. The Morgan fingerprint density at radius 2 is 1.86 bits per heavy atom. The molecular formula is C21H15N5O2. The van der Waals surface area contributed by atoms with Crippen LogP contribution in [0.5, 0.6) is 5.75 Å². The first-order chi connectivity index (χ1) is 13.8. The monoisotopic (exact) mass is 369 g/mol. The largest absolute Gasteiger partial charge is 0.487 e. The van der Waals surface area contributed by atoms with E-state index >= 15 is 0 Å². The van der Waals surface area contributed by atoms with E-state index in [9.17, 15) is 4.79 Å². The van der Waals surface area contributed by atoms with Crippen molar-refractivity contribution in [1.82, 2.24) is 24.6 Å². The van der Waals surface area contributed by atoms with Crippen LogP contribution in [0.4, 0.5) is 0 Å². The lowest BCUT2D eigenvalue weighted by Gasteiger charge is -2.08. The fraction of sp³-hybridized carbons (Fsp3) is 0.0476. The molecule has 2 aromatic carbocycles. The van der Waals surface area contributed by atoms with Crippen LogP contribution in [0, 0.1) is 0 Å². The Balaban J connectivity index is 1.47. The van der Waals surface area contributed by atoms with Crippen molar-refractivity contribution in [3.63, 3.8) is 0 Å². The van der Waals surface area contributed by atoms with Crippen molar-refractivity contribution in [3.8, 4) is 17.1 Å². The molecule has 0 atom stereocenters. The van der Waals surface area contributed by atoms with Gasteiger partial charge >= 0.3 is 0 Å². The number of hydrogen-bond acceptors (Lipinski definition) is 5. The number of nitrogens with one attached hydrogen (secondary N) is 1. The molecule has 28 heavy (non-hydrogen) atoms. The quantitative estimate of drug-likeness (QED) is 0.526. The molecule has 0 spiro atoms. The molecule has 0 saturated heterocycles. The Bertz CT molecular complexity index is 1340. The minimum Gasteiger partial charge on any atom is -0.487 e. The highest BCUT2D eigenvalue weighted by molar-refractivity contribution is 5.84. The molecule has 7 nitrogen and oxygen atoms in total. The second-order valence-corrected chi connectivity index (χ2v) is 6.27. The van der Waals surface area contributed by atoms with E-state index in [2.05, 4.69) is 20.1 Å². The maximum Gasteiger partial charge on any atom is 0.274 e. The molecular weight excluding hydrogens is 354 g/mol. The van der Waals surface area contributed by atoms with Crippen LogP contribution >= 0.6 is 0 Å². The molecule has 0 bridgehead atoms. The predicted octanol–water partition coefficient (Wildman–Crippen LogP) is 3.21. The minimum absolute atomic E-state index is 0.160. The van der Waals surface area contributed by atoms with Crippen molar-refractivity contribution >= 4 is 16.7 Å². The van der Waals surface area contributed by atoms with E-state index < -0.39 is 0 Å². The van der Waals surface area contributed by atoms with Crippen LogP contribution < -0.4 is 10.3 Å². The Labute approximate surface area is 159 Å². The summed E-state index contributed by atoms with van der Waals surface area (Å²) in [5, 5.41) is 3.90. The zero-order chi connectivity index (χ0) is 18.9. The summed E-state index contributed by atoms with van der Waals surface area (Å²) in [7, 11) is 0. The Morgan fingerprint density at radius 1 is 0.964 bits per heavy atom. The number of nitrogens with zero attached hydrogens (tertiary/aromatic N) is 4. The summed E-state index contributed by atoms with van der Waals surface area (Å²) >= 11 is 0. The zero-order valence-corrected chi connectivity index (χ0v) is 14.7. The molecule has 3 heterocycles. The molecule has 0 aliphatic rings. The van der Waals surface area contributed by atoms with Crippen LogP contribution in [-0.4, -0.2) is 24.6 Å². The first-order valence-electron chi connectivity index (χ1n) is 8.78. The number of rotatable bonds is 4. The van der Waals surface area contributed by atoms with E-state index in [1.165, 1.54) is 10.6 Å². The summed E-state index contributed by atoms with van der Waals surface area (Å²) in [5.41, 5.74) is 2.01. The molecule has 0 saturated carbocycles. The van der Waals surface area contributed by atoms with Crippen LogP contribution in [0.25, 0.3) is 28.1 Å². The summed E-state index contributed by atoms with van der Waals surface area (Å²) in [4.78, 5) is 25.7. The number of pyridine rings is 1. The van der Waals surface area contributed by atoms with Gasteiger partial charge in [-0.2, -0.15) is 9.50 Å². The fourth-order valence-corrected chi connectivity index (χ4v) is 3.08. The summed E-state index contributed by atoms with van der Waals surface area (Å²) in [6.45, 7) is 0.160. The van der Waals surface area contributed by atoms with Crippen LogP contribution in [0.15, 0.2) is 77.7 Å². The number of aromatic nitrogens is 5. The molecule has 0 aliphatic carbocycles. The minimum atomic E-state index is -0.238. The number of benzene rings is 2. The normalized spacial score (nSPS) is 11.1. The van der Waals surface area contributed by atoms with Crippen molar-refractivity contribution in [2.75, 3.05) is 0 Å². The third-order valence-corrected chi connectivity index (χ3v) is 4.41. The van der Waals surface area contributed by atoms with Crippen molar-refractivity contribution in [2.24, 2.45) is 0 Å². The van der Waals surface area contributed by atoms with E-state index in [-0.39, 0.29) is 12.2 Å². The van der Waals surface area contributed by atoms with Crippen molar-refractivity contribution in [2.45, 2.75) is 6.61 Å². The lowest BCUT2D eigenvalue weighted by molar-refractivity contribution is 0.305. The Hall–Kier alpha value is -4.00. The highest BCUT2D eigenvalue weighted by atomic mass is 16.5. The average Bonchev–Trinajstić information content (AvgIpc) is 3.18. The number of aromatic amines is 1. The van der Waals surface area contributed by atoms with E-state index in [1.54, 1.807) is 6.20 Å². The van der Waals surface area contributed by atoms with E-state index in [1.807, 2.05) is 60.7 Å². The SMILES string of the molecule is O=c1cc(COc2cccc3ncccc23)nc2nc(-c3ccccc3)[nH]n12. The first-order valence-corrected chi connectivity index (χ1v) is 8.78. The van der Waals surface area contributed by atoms with Gasteiger partial charge in [-0.3, -0.25) is 14.9 Å². The summed E-state index contributed by atoms with van der Waals surface area (Å²) < 4.78 is 7.24. The molecule has 5 aromatic rings.